The molecule has 1 heterocycles. The predicted octanol–water partition coefficient (Wildman–Crippen LogP) is 2.07. The topological polar surface area (TPSA) is 64.0 Å². The second-order valence-corrected chi connectivity index (χ2v) is 6.85. The number of hydrogen-bond donors (Lipinski definition) is 3. The lowest BCUT2D eigenvalue weighted by Crippen LogP contribution is -3.12. The van der Waals surface area contributed by atoms with Crippen LogP contribution < -0.4 is 25.0 Å². The molecule has 0 atom stereocenters. The lowest BCUT2D eigenvalue weighted by molar-refractivity contribution is -0.918. The number of benzene rings is 2. The summed E-state index contributed by atoms with van der Waals surface area (Å²) >= 11 is 0. The number of likely N-dealkylation sites (tertiary alicyclic amines) is 1. The Kier molecular flexibility index (Phi) is 6.54. The highest BCUT2D eigenvalue weighted by Gasteiger charge is 2.23. The zero-order valence-corrected chi connectivity index (χ0v) is 16.0. The van der Waals surface area contributed by atoms with E-state index in [0.717, 1.165) is 32.5 Å². The van der Waals surface area contributed by atoms with Crippen LogP contribution in [-0.2, 0) is 6.54 Å². The fourth-order valence-corrected chi connectivity index (χ4v) is 3.49. The average molecular weight is 370 g/mol. The first-order valence-corrected chi connectivity index (χ1v) is 9.35. The Morgan fingerprint density at radius 2 is 1.81 bits per heavy atom. The minimum Gasteiger partial charge on any atom is -0.497 e. The van der Waals surface area contributed by atoms with E-state index in [1.54, 1.807) is 37.3 Å². The smallest absolute Gasteiger partial charge is 0.319 e. The van der Waals surface area contributed by atoms with E-state index in [1.165, 1.54) is 5.56 Å². The molecular weight excluding hydrogens is 342 g/mol. The summed E-state index contributed by atoms with van der Waals surface area (Å²) in [5.41, 5.74) is 1.96. The number of amides is 2. The van der Waals surface area contributed by atoms with Crippen molar-refractivity contribution in [3.8, 4) is 11.5 Å². The summed E-state index contributed by atoms with van der Waals surface area (Å²) in [6.07, 6.45) is 1.95. The number of carbonyl (C=O) groups is 1. The zero-order valence-electron chi connectivity index (χ0n) is 16.0. The second-order valence-electron chi connectivity index (χ2n) is 6.85. The van der Waals surface area contributed by atoms with Crippen LogP contribution in [0, 0.1) is 0 Å². The van der Waals surface area contributed by atoms with Gasteiger partial charge in [0.2, 0.25) is 0 Å². The number of anilines is 1. The van der Waals surface area contributed by atoms with Gasteiger partial charge in [-0.2, -0.15) is 0 Å². The van der Waals surface area contributed by atoms with Crippen molar-refractivity contribution in [2.45, 2.75) is 25.4 Å². The van der Waals surface area contributed by atoms with Gasteiger partial charge < -0.3 is 25.0 Å². The number of nitrogens with one attached hydrogen (secondary N) is 3. The monoisotopic (exact) mass is 370 g/mol. The maximum Gasteiger partial charge on any atom is 0.319 e. The first-order chi connectivity index (χ1) is 13.2. The van der Waals surface area contributed by atoms with E-state index < -0.39 is 0 Å². The van der Waals surface area contributed by atoms with Crippen molar-refractivity contribution in [1.82, 2.24) is 5.32 Å². The van der Waals surface area contributed by atoms with Crippen LogP contribution in [0.1, 0.15) is 18.4 Å². The molecular formula is C21H28N3O3+. The third-order valence-corrected chi connectivity index (χ3v) is 4.98. The Morgan fingerprint density at radius 1 is 1.07 bits per heavy atom. The summed E-state index contributed by atoms with van der Waals surface area (Å²) in [5, 5.41) is 5.95. The van der Waals surface area contributed by atoms with Gasteiger partial charge in [-0.15, -0.1) is 0 Å². The van der Waals surface area contributed by atoms with Crippen LogP contribution in [0.5, 0.6) is 11.5 Å². The van der Waals surface area contributed by atoms with Gasteiger partial charge in [0.25, 0.3) is 0 Å². The Labute approximate surface area is 160 Å². The number of rotatable bonds is 6. The molecule has 27 heavy (non-hydrogen) atoms. The third-order valence-electron chi connectivity index (χ3n) is 4.98. The number of quaternary nitrogens is 1. The molecule has 2 amide bonds. The lowest BCUT2D eigenvalue weighted by Gasteiger charge is -2.30. The van der Waals surface area contributed by atoms with Crippen LogP contribution in [0.4, 0.5) is 10.5 Å². The Morgan fingerprint density at radius 3 is 2.48 bits per heavy atom. The molecule has 0 saturated carbocycles. The van der Waals surface area contributed by atoms with Crippen molar-refractivity contribution in [2.75, 3.05) is 32.6 Å². The summed E-state index contributed by atoms with van der Waals surface area (Å²) in [6, 6.07) is 15.9. The van der Waals surface area contributed by atoms with Crippen molar-refractivity contribution < 1.29 is 19.2 Å². The molecule has 0 bridgehead atoms. The molecule has 1 fully saturated rings. The minimum atomic E-state index is -0.210. The van der Waals surface area contributed by atoms with Gasteiger partial charge in [0.15, 0.2) is 0 Å². The number of methoxy groups -OCH3 is 2. The zero-order chi connectivity index (χ0) is 19.1. The van der Waals surface area contributed by atoms with E-state index in [-0.39, 0.29) is 12.1 Å². The van der Waals surface area contributed by atoms with Gasteiger partial charge in [0.1, 0.15) is 18.0 Å². The molecule has 2 aromatic rings. The number of urea groups is 1. The number of hydrogen-bond acceptors (Lipinski definition) is 3. The lowest BCUT2D eigenvalue weighted by atomic mass is 10.0. The van der Waals surface area contributed by atoms with Gasteiger partial charge >= 0.3 is 6.03 Å². The van der Waals surface area contributed by atoms with Gasteiger partial charge in [-0.05, 0) is 12.1 Å². The largest absolute Gasteiger partial charge is 0.497 e. The Bertz CT molecular complexity index is 744. The van der Waals surface area contributed by atoms with Gasteiger partial charge in [-0.3, -0.25) is 0 Å². The highest BCUT2D eigenvalue weighted by Crippen LogP contribution is 2.28. The van der Waals surface area contributed by atoms with Crippen LogP contribution in [-0.4, -0.2) is 39.4 Å². The van der Waals surface area contributed by atoms with Crippen LogP contribution >= 0.6 is 0 Å². The van der Waals surface area contributed by atoms with E-state index >= 15 is 0 Å². The Balaban J connectivity index is 1.48. The van der Waals surface area contributed by atoms with Crippen molar-refractivity contribution in [2.24, 2.45) is 0 Å². The van der Waals surface area contributed by atoms with Gasteiger partial charge in [-0.25, -0.2) is 4.79 Å². The molecule has 2 aromatic carbocycles. The van der Waals surface area contributed by atoms with E-state index in [2.05, 4.69) is 34.9 Å². The number of piperidine rings is 1. The van der Waals surface area contributed by atoms with Crippen molar-refractivity contribution in [3.63, 3.8) is 0 Å². The molecule has 0 unspecified atom stereocenters. The van der Waals surface area contributed by atoms with Gasteiger partial charge in [-0.1, -0.05) is 30.3 Å². The second kappa shape index (κ2) is 9.28. The van der Waals surface area contributed by atoms with Crippen molar-refractivity contribution in [1.29, 1.82) is 0 Å². The predicted molar refractivity (Wildman–Crippen MR) is 106 cm³/mol. The third kappa shape index (κ3) is 5.37. The quantitative estimate of drug-likeness (QED) is 0.729. The van der Waals surface area contributed by atoms with Crippen LogP contribution in [0.25, 0.3) is 0 Å². The summed E-state index contributed by atoms with van der Waals surface area (Å²) in [5.74, 6) is 1.27. The fraction of sp³-hybridized carbons (Fsp3) is 0.381. The Hall–Kier alpha value is -2.73. The molecule has 0 radical (unpaired) electrons. The molecule has 3 N–H and O–H groups in total. The average Bonchev–Trinajstić information content (AvgIpc) is 2.70. The van der Waals surface area contributed by atoms with Crippen LogP contribution in [0.15, 0.2) is 48.5 Å². The van der Waals surface area contributed by atoms with Crippen molar-refractivity contribution >= 4 is 11.7 Å². The standard InChI is InChI=1S/C21H27N3O3/c1-26-18-8-9-20(27-2)19(14-18)23-21(25)22-17-10-12-24(13-11-17)15-16-6-4-3-5-7-16/h3-9,14,17H,10-13,15H2,1-2H3,(H2,22,23,25)/p+1. The normalized spacial score (nSPS) is 19.2. The summed E-state index contributed by atoms with van der Waals surface area (Å²) < 4.78 is 10.5. The van der Waals surface area contributed by atoms with E-state index in [9.17, 15) is 4.79 Å². The van der Waals surface area contributed by atoms with E-state index in [1.807, 2.05) is 6.07 Å². The molecule has 6 heteroatoms. The molecule has 1 aliphatic heterocycles. The number of ether oxygens (including phenoxy) is 2. The summed E-state index contributed by atoms with van der Waals surface area (Å²) in [6.45, 7) is 3.16. The van der Waals surface area contributed by atoms with Crippen LogP contribution in [0.2, 0.25) is 0 Å². The first-order valence-electron chi connectivity index (χ1n) is 9.35. The molecule has 0 spiro atoms. The first kappa shape index (κ1) is 19.0. The SMILES string of the molecule is COc1ccc(OC)c(NC(=O)NC2CC[NH+](Cc3ccccc3)CC2)c1. The highest BCUT2D eigenvalue weighted by atomic mass is 16.5. The summed E-state index contributed by atoms with van der Waals surface area (Å²) in [4.78, 5) is 14.0. The van der Waals surface area contributed by atoms with E-state index in [0.29, 0.717) is 17.2 Å². The maximum atomic E-state index is 12.4. The van der Waals surface area contributed by atoms with Crippen LogP contribution in [0.3, 0.4) is 0 Å². The number of carbonyl (C=O) groups excluding carboxylic acids is 1. The molecule has 1 aliphatic rings. The summed E-state index contributed by atoms with van der Waals surface area (Å²) in [7, 11) is 3.17. The molecule has 0 aromatic heterocycles. The highest BCUT2D eigenvalue weighted by molar-refractivity contribution is 5.91. The fourth-order valence-electron chi connectivity index (χ4n) is 3.49. The molecule has 0 aliphatic carbocycles. The van der Waals surface area contributed by atoms with Gasteiger partial charge in [0.05, 0.1) is 33.0 Å². The maximum absolute atomic E-state index is 12.4. The van der Waals surface area contributed by atoms with E-state index in [4.69, 9.17) is 9.47 Å². The minimum absolute atomic E-state index is 0.195. The molecule has 1 saturated heterocycles. The van der Waals surface area contributed by atoms with Gasteiger partial charge in [0, 0.05) is 30.5 Å². The molecule has 144 valence electrons. The molecule has 3 rings (SSSR count). The van der Waals surface area contributed by atoms with Crippen molar-refractivity contribution in [3.05, 3.63) is 54.1 Å². The molecule has 6 nitrogen and oxygen atoms in total.